The largest absolute Gasteiger partial charge is 0.325 e. The summed E-state index contributed by atoms with van der Waals surface area (Å²) in [5.41, 5.74) is 3.07. The summed E-state index contributed by atoms with van der Waals surface area (Å²) >= 11 is 6.27. The van der Waals surface area contributed by atoms with Gasteiger partial charge in [0.15, 0.2) is 0 Å². The van der Waals surface area contributed by atoms with E-state index in [1.165, 1.54) is 12.1 Å². The first kappa shape index (κ1) is 24.8. The summed E-state index contributed by atoms with van der Waals surface area (Å²) < 4.78 is 28.2. The van der Waals surface area contributed by atoms with Gasteiger partial charge in [0.1, 0.15) is 6.54 Å². The molecule has 0 saturated carbocycles. The van der Waals surface area contributed by atoms with E-state index in [9.17, 15) is 18.0 Å². The lowest BCUT2D eigenvalue weighted by Crippen LogP contribution is -2.38. The van der Waals surface area contributed by atoms with E-state index in [4.69, 9.17) is 11.6 Å². The zero-order valence-electron chi connectivity index (χ0n) is 19.5. The predicted molar refractivity (Wildman–Crippen MR) is 139 cm³/mol. The zero-order valence-corrected chi connectivity index (χ0v) is 21.1. The number of hydrogen-bond donors (Lipinski definition) is 1. The van der Waals surface area contributed by atoms with E-state index in [2.05, 4.69) is 5.32 Å². The Labute approximate surface area is 210 Å². The Morgan fingerprint density at radius 2 is 1.71 bits per heavy atom. The average Bonchev–Trinajstić information content (AvgIpc) is 3.26. The van der Waals surface area contributed by atoms with Gasteiger partial charge >= 0.3 is 0 Å². The summed E-state index contributed by atoms with van der Waals surface area (Å²) in [5, 5.41) is 3.16. The Morgan fingerprint density at radius 1 is 1.03 bits per heavy atom. The monoisotopic (exact) mass is 511 g/mol. The highest BCUT2D eigenvalue weighted by atomic mass is 35.5. The van der Waals surface area contributed by atoms with Crippen molar-refractivity contribution in [3.05, 3.63) is 82.9 Å². The molecule has 35 heavy (non-hydrogen) atoms. The van der Waals surface area contributed by atoms with Crippen LogP contribution in [0.1, 0.15) is 24.0 Å². The van der Waals surface area contributed by atoms with Gasteiger partial charge < -0.3 is 10.2 Å². The SMILES string of the molecule is Cc1ccc(S(=O)(=O)N(CC(=O)Nc2ccc(N3CCCC3=O)cc2)c2cccc(Cl)c2C)cc1. The van der Waals surface area contributed by atoms with Crippen molar-refractivity contribution in [3.8, 4) is 0 Å². The molecule has 7 nitrogen and oxygen atoms in total. The first-order chi connectivity index (χ1) is 16.7. The number of halogens is 1. The molecular formula is C26H26ClN3O4S. The molecule has 0 bridgehead atoms. The van der Waals surface area contributed by atoms with E-state index >= 15 is 0 Å². The van der Waals surface area contributed by atoms with Gasteiger partial charge in [-0.25, -0.2) is 8.42 Å². The topological polar surface area (TPSA) is 86.8 Å². The van der Waals surface area contributed by atoms with Gasteiger partial charge in [-0.15, -0.1) is 0 Å². The third-order valence-electron chi connectivity index (χ3n) is 5.94. The average molecular weight is 512 g/mol. The minimum atomic E-state index is -4.05. The first-order valence-electron chi connectivity index (χ1n) is 11.2. The molecule has 1 heterocycles. The molecule has 1 N–H and O–H groups in total. The van der Waals surface area contributed by atoms with Gasteiger partial charge in [0.05, 0.1) is 10.6 Å². The summed E-state index contributed by atoms with van der Waals surface area (Å²) in [6.07, 6.45) is 1.36. The molecule has 9 heteroatoms. The van der Waals surface area contributed by atoms with Crippen LogP contribution in [-0.2, 0) is 19.6 Å². The van der Waals surface area contributed by atoms with Gasteiger partial charge in [0, 0.05) is 29.4 Å². The number of rotatable bonds is 7. The van der Waals surface area contributed by atoms with Crippen molar-refractivity contribution in [1.82, 2.24) is 0 Å². The maximum absolute atomic E-state index is 13.6. The summed E-state index contributed by atoms with van der Waals surface area (Å²) in [4.78, 5) is 26.8. The number of nitrogens with zero attached hydrogens (tertiary/aromatic N) is 2. The van der Waals surface area contributed by atoms with Crippen molar-refractivity contribution in [1.29, 1.82) is 0 Å². The van der Waals surface area contributed by atoms with Gasteiger partial charge in [0.2, 0.25) is 11.8 Å². The second-order valence-electron chi connectivity index (χ2n) is 8.45. The molecule has 4 rings (SSSR count). The molecule has 0 unspecified atom stereocenters. The number of benzene rings is 3. The lowest BCUT2D eigenvalue weighted by Gasteiger charge is -2.26. The Morgan fingerprint density at radius 3 is 2.34 bits per heavy atom. The van der Waals surface area contributed by atoms with Crippen LogP contribution in [0, 0.1) is 13.8 Å². The number of hydrogen-bond acceptors (Lipinski definition) is 4. The highest BCUT2D eigenvalue weighted by Crippen LogP contribution is 2.31. The predicted octanol–water partition coefficient (Wildman–Crippen LogP) is 4.92. The quantitative estimate of drug-likeness (QED) is 0.488. The Hall–Kier alpha value is -3.36. The van der Waals surface area contributed by atoms with E-state index in [0.717, 1.165) is 22.0 Å². The lowest BCUT2D eigenvalue weighted by molar-refractivity contribution is -0.117. The van der Waals surface area contributed by atoms with Crippen molar-refractivity contribution < 1.29 is 18.0 Å². The second-order valence-corrected chi connectivity index (χ2v) is 10.7. The number of carbonyl (C=O) groups excluding carboxylic acids is 2. The van der Waals surface area contributed by atoms with Crippen LogP contribution in [0.2, 0.25) is 5.02 Å². The van der Waals surface area contributed by atoms with Crippen LogP contribution in [0.25, 0.3) is 0 Å². The van der Waals surface area contributed by atoms with Gasteiger partial charge in [0.25, 0.3) is 10.0 Å². The molecule has 0 atom stereocenters. The molecule has 1 saturated heterocycles. The number of aryl methyl sites for hydroxylation is 1. The minimum absolute atomic E-state index is 0.0786. The number of sulfonamides is 1. The Kier molecular flexibility index (Phi) is 7.14. The molecule has 0 radical (unpaired) electrons. The Balaban J connectivity index is 1.59. The number of amides is 2. The van der Waals surface area contributed by atoms with Crippen LogP contribution < -0.4 is 14.5 Å². The smallest absolute Gasteiger partial charge is 0.264 e. The molecule has 182 valence electrons. The fourth-order valence-electron chi connectivity index (χ4n) is 3.98. The molecule has 1 fully saturated rings. The van der Waals surface area contributed by atoms with Crippen LogP contribution >= 0.6 is 11.6 Å². The number of nitrogens with one attached hydrogen (secondary N) is 1. The molecule has 0 aliphatic carbocycles. The van der Waals surface area contributed by atoms with Crippen molar-refractivity contribution in [3.63, 3.8) is 0 Å². The summed E-state index contributed by atoms with van der Waals surface area (Å²) in [5.74, 6) is -0.430. The van der Waals surface area contributed by atoms with Gasteiger partial charge in [-0.2, -0.15) is 0 Å². The Bertz CT molecular complexity index is 1360. The molecule has 0 spiro atoms. The van der Waals surface area contributed by atoms with E-state index < -0.39 is 22.5 Å². The van der Waals surface area contributed by atoms with E-state index in [1.807, 2.05) is 6.92 Å². The second kappa shape index (κ2) is 10.1. The highest BCUT2D eigenvalue weighted by molar-refractivity contribution is 7.92. The van der Waals surface area contributed by atoms with E-state index in [1.54, 1.807) is 66.4 Å². The fraction of sp³-hybridized carbons (Fsp3) is 0.231. The molecule has 1 aliphatic rings. The van der Waals surface area contributed by atoms with Crippen LogP contribution in [0.15, 0.2) is 71.6 Å². The fourth-order valence-corrected chi connectivity index (χ4v) is 5.63. The minimum Gasteiger partial charge on any atom is -0.325 e. The maximum atomic E-state index is 13.6. The van der Waals surface area contributed by atoms with Crippen molar-refractivity contribution >= 4 is 50.5 Å². The van der Waals surface area contributed by atoms with Crippen molar-refractivity contribution in [2.24, 2.45) is 0 Å². The summed E-state index contributed by atoms with van der Waals surface area (Å²) in [6, 6.07) is 18.3. The van der Waals surface area contributed by atoms with Crippen LogP contribution in [0.5, 0.6) is 0 Å². The molecular weight excluding hydrogens is 486 g/mol. The molecule has 3 aromatic carbocycles. The summed E-state index contributed by atoms with van der Waals surface area (Å²) in [6.45, 7) is 3.82. The lowest BCUT2D eigenvalue weighted by atomic mass is 10.2. The third-order valence-corrected chi connectivity index (χ3v) is 8.12. The first-order valence-corrected chi connectivity index (χ1v) is 13.0. The normalized spacial score (nSPS) is 13.7. The van der Waals surface area contributed by atoms with E-state index in [-0.39, 0.29) is 10.8 Å². The van der Waals surface area contributed by atoms with Crippen LogP contribution in [-0.4, -0.2) is 33.3 Å². The number of carbonyl (C=O) groups is 2. The van der Waals surface area contributed by atoms with Crippen LogP contribution in [0.3, 0.4) is 0 Å². The molecule has 1 aliphatic heterocycles. The number of anilines is 3. The standard InChI is InChI=1S/C26H26ClN3O4S/c1-18-8-14-22(15-9-18)35(33,34)30(24-6-3-5-23(27)19(24)2)17-25(31)28-20-10-12-21(13-11-20)29-16-4-7-26(29)32/h3,5-6,8-15H,4,7,16-17H2,1-2H3,(H,28,31). The third kappa shape index (κ3) is 5.33. The van der Waals surface area contributed by atoms with Crippen LogP contribution in [0.4, 0.5) is 17.1 Å². The molecule has 2 amide bonds. The zero-order chi connectivity index (χ0) is 25.2. The van der Waals surface area contributed by atoms with Gasteiger partial charge in [-0.05, 0) is 74.4 Å². The maximum Gasteiger partial charge on any atom is 0.264 e. The van der Waals surface area contributed by atoms with Gasteiger partial charge in [-0.3, -0.25) is 13.9 Å². The highest BCUT2D eigenvalue weighted by Gasteiger charge is 2.29. The summed E-state index contributed by atoms with van der Waals surface area (Å²) in [7, 11) is -4.05. The molecule has 3 aromatic rings. The van der Waals surface area contributed by atoms with Gasteiger partial charge in [-0.1, -0.05) is 35.4 Å². The van der Waals surface area contributed by atoms with Crippen molar-refractivity contribution in [2.75, 3.05) is 27.6 Å². The molecule has 0 aromatic heterocycles. The van der Waals surface area contributed by atoms with E-state index in [0.29, 0.717) is 34.9 Å². The van der Waals surface area contributed by atoms with Crippen molar-refractivity contribution in [2.45, 2.75) is 31.6 Å².